The number of hydrogen-bond donors (Lipinski definition) is 2. The zero-order valence-corrected chi connectivity index (χ0v) is 11.5. The summed E-state index contributed by atoms with van der Waals surface area (Å²) in [5, 5.41) is 3.38. The van der Waals surface area contributed by atoms with Gasteiger partial charge in [0.25, 0.3) is 0 Å². The molecule has 1 fully saturated rings. The van der Waals surface area contributed by atoms with E-state index in [9.17, 15) is 0 Å². The van der Waals surface area contributed by atoms with Crippen LogP contribution in [0.4, 0.5) is 11.9 Å². The second kappa shape index (κ2) is 5.44. The quantitative estimate of drug-likeness (QED) is 0.882. The van der Waals surface area contributed by atoms with Gasteiger partial charge in [-0.1, -0.05) is 19.8 Å². The molecule has 0 amide bonds. The molecule has 0 saturated heterocycles. The molecule has 0 aromatic carbocycles. The third-order valence-electron chi connectivity index (χ3n) is 3.65. The van der Waals surface area contributed by atoms with Gasteiger partial charge >= 0.3 is 0 Å². The molecule has 20 heavy (non-hydrogen) atoms. The maximum Gasteiger partial charge on any atom is 0.241 e. The first-order valence-electron chi connectivity index (χ1n) is 6.97. The largest absolute Gasteiger partial charge is 0.368 e. The van der Waals surface area contributed by atoms with Crippen molar-refractivity contribution in [3.05, 3.63) is 18.7 Å². The molecule has 3 rings (SSSR count). The van der Waals surface area contributed by atoms with Crippen molar-refractivity contribution in [1.29, 1.82) is 0 Å². The molecule has 0 radical (unpaired) electrons. The van der Waals surface area contributed by atoms with Crippen LogP contribution in [0.2, 0.25) is 0 Å². The van der Waals surface area contributed by atoms with Crippen molar-refractivity contribution in [1.82, 2.24) is 24.5 Å². The molecular formula is C13H19N7. The molecule has 2 unspecified atom stereocenters. The second-order valence-electron chi connectivity index (χ2n) is 5.40. The van der Waals surface area contributed by atoms with Gasteiger partial charge in [0, 0.05) is 18.4 Å². The summed E-state index contributed by atoms with van der Waals surface area (Å²) in [5.41, 5.74) is 5.76. The van der Waals surface area contributed by atoms with Gasteiger partial charge in [-0.25, -0.2) is 4.98 Å². The van der Waals surface area contributed by atoms with E-state index in [0.717, 1.165) is 18.8 Å². The minimum atomic E-state index is 0.218. The molecule has 2 atom stereocenters. The van der Waals surface area contributed by atoms with Gasteiger partial charge in [-0.05, 0) is 18.8 Å². The fourth-order valence-corrected chi connectivity index (χ4v) is 2.69. The van der Waals surface area contributed by atoms with E-state index >= 15 is 0 Å². The SMILES string of the molecule is CC1CCCC(Nc2nc(N)nc(-n3ccnc3)n2)C1. The lowest BCUT2D eigenvalue weighted by molar-refractivity contribution is 0.357. The van der Waals surface area contributed by atoms with Gasteiger partial charge in [0.1, 0.15) is 6.33 Å². The molecule has 7 heteroatoms. The van der Waals surface area contributed by atoms with Gasteiger partial charge in [0.15, 0.2) is 0 Å². The Kier molecular flexibility index (Phi) is 3.49. The van der Waals surface area contributed by atoms with Crippen molar-refractivity contribution in [3.63, 3.8) is 0 Å². The van der Waals surface area contributed by atoms with E-state index in [-0.39, 0.29) is 5.95 Å². The molecule has 0 aliphatic heterocycles. The standard InChI is InChI=1S/C13H19N7/c1-9-3-2-4-10(7-9)16-12-17-11(14)18-13(19-12)20-6-5-15-8-20/h5-6,8-10H,2-4,7H2,1H3,(H3,14,16,17,18,19). The van der Waals surface area contributed by atoms with Crippen LogP contribution in [0.15, 0.2) is 18.7 Å². The van der Waals surface area contributed by atoms with E-state index < -0.39 is 0 Å². The molecule has 0 spiro atoms. The summed E-state index contributed by atoms with van der Waals surface area (Å²) >= 11 is 0. The Morgan fingerprint density at radius 3 is 2.95 bits per heavy atom. The lowest BCUT2D eigenvalue weighted by Crippen LogP contribution is -2.27. The number of hydrogen-bond acceptors (Lipinski definition) is 6. The molecule has 1 aliphatic rings. The zero-order valence-electron chi connectivity index (χ0n) is 11.5. The Morgan fingerprint density at radius 1 is 1.30 bits per heavy atom. The van der Waals surface area contributed by atoms with Gasteiger partial charge in [-0.15, -0.1) is 0 Å². The maximum atomic E-state index is 5.76. The smallest absolute Gasteiger partial charge is 0.241 e. The minimum Gasteiger partial charge on any atom is -0.368 e. The molecular weight excluding hydrogens is 254 g/mol. The topological polar surface area (TPSA) is 94.5 Å². The maximum absolute atomic E-state index is 5.76. The van der Waals surface area contributed by atoms with Crippen LogP contribution in [0.25, 0.3) is 5.95 Å². The second-order valence-corrected chi connectivity index (χ2v) is 5.40. The summed E-state index contributed by atoms with van der Waals surface area (Å²) in [6.07, 6.45) is 9.94. The Balaban J connectivity index is 1.79. The van der Waals surface area contributed by atoms with E-state index in [1.165, 1.54) is 12.8 Å². The highest BCUT2D eigenvalue weighted by Gasteiger charge is 2.19. The Labute approximate surface area is 117 Å². The molecule has 7 nitrogen and oxygen atoms in total. The summed E-state index contributed by atoms with van der Waals surface area (Å²) in [4.78, 5) is 16.7. The van der Waals surface area contributed by atoms with Crippen LogP contribution in [-0.4, -0.2) is 30.5 Å². The van der Waals surface area contributed by atoms with Gasteiger partial charge in [-0.2, -0.15) is 15.0 Å². The highest BCUT2D eigenvalue weighted by Crippen LogP contribution is 2.25. The molecule has 3 N–H and O–H groups in total. The first kappa shape index (κ1) is 12.8. The molecule has 0 bridgehead atoms. The van der Waals surface area contributed by atoms with Crippen LogP contribution < -0.4 is 11.1 Å². The number of nitrogens with zero attached hydrogens (tertiary/aromatic N) is 5. The number of nitrogens with two attached hydrogens (primary N) is 1. The number of nitrogen functional groups attached to an aromatic ring is 1. The Morgan fingerprint density at radius 2 is 2.20 bits per heavy atom. The molecule has 106 valence electrons. The average Bonchev–Trinajstić information content (AvgIpc) is 2.91. The normalized spacial score (nSPS) is 22.6. The summed E-state index contributed by atoms with van der Waals surface area (Å²) in [5.74, 6) is 1.99. The fraction of sp³-hybridized carbons (Fsp3) is 0.538. The third kappa shape index (κ3) is 2.87. The number of anilines is 2. The Bertz CT molecular complexity index is 566. The van der Waals surface area contributed by atoms with Crippen molar-refractivity contribution in [3.8, 4) is 5.95 Å². The van der Waals surface area contributed by atoms with Crippen molar-refractivity contribution < 1.29 is 0 Å². The van der Waals surface area contributed by atoms with Crippen molar-refractivity contribution in [2.45, 2.75) is 38.6 Å². The number of nitrogens with one attached hydrogen (secondary N) is 1. The van der Waals surface area contributed by atoms with Gasteiger partial charge < -0.3 is 11.1 Å². The van der Waals surface area contributed by atoms with E-state index in [2.05, 4.69) is 32.2 Å². The molecule has 1 aliphatic carbocycles. The summed E-state index contributed by atoms with van der Waals surface area (Å²) in [6, 6.07) is 0.413. The Hall–Kier alpha value is -2.18. The molecule has 1 saturated carbocycles. The molecule has 2 heterocycles. The third-order valence-corrected chi connectivity index (χ3v) is 3.65. The number of imidazole rings is 1. The first-order valence-corrected chi connectivity index (χ1v) is 6.97. The zero-order chi connectivity index (χ0) is 13.9. The highest BCUT2D eigenvalue weighted by molar-refractivity contribution is 5.36. The van der Waals surface area contributed by atoms with E-state index in [0.29, 0.717) is 17.9 Å². The predicted molar refractivity (Wildman–Crippen MR) is 76.4 cm³/mol. The predicted octanol–water partition coefficient (Wildman–Crippen LogP) is 1.63. The number of aromatic nitrogens is 5. The molecule has 2 aromatic heterocycles. The van der Waals surface area contributed by atoms with Crippen LogP contribution in [0.3, 0.4) is 0 Å². The minimum absolute atomic E-state index is 0.218. The van der Waals surface area contributed by atoms with E-state index in [4.69, 9.17) is 5.73 Å². The number of rotatable bonds is 3. The first-order chi connectivity index (χ1) is 9.70. The summed E-state index contributed by atoms with van der Waals surface area (Å²) < 4.78 is 1.71. The van der Waals surface area contributed by atoms with E-state index in [1.54, 1.807) is 23.3 Å². The van der Waals surface area contributed by atoms with Crippen LogP contribution in [0.5, 0.6) is 0 Å². The fourth-order valence-electron chi connectivity index (χ4n) is 2.69. The molecule has 2 aromatic rings. The highest BCUT2D eigenvalue weighted by atomic mass is 15.3. The van der Waals surface area contributed by atoms with Crippen LogP contribution in [0, 0.1) is 5.92 Å². The summed E-state index contributed by atoms with van der Waals surface area (Å²) in [6.45, 7) is 2.28. The van der Waals surface area contributed by atoms with Crippen LogP contribution in [-0.2, 0) is 0 Å². The van der Waals surface area contributed by atoms with Crippen molar-refractivity contribution >= 4 is 11.9 Å². The van der Waals surface area contributed by atoms with Crippen LogP contribution in [0.1, 0.15) is 32.6 Å². The van der Waals surface area contributed by atoms with E-state index in [1.807, 2.05) is 0 Å². The van der Waals surface area contributed by atoms with Crippen LogP contribution >= 0.6 is 0 Å². The van der Waals surface area contributed by atoms with Crippen molar-refractivity contribution in [2.24, 2.45) is 5.92 Å². The summed E-state index contributed by atoms with van der Waals surface area (Å²) in [7, 11) is 0. The monoisotopic (exact) mass is 273 g/mol. The lowest BCUT2D eigenvalue weighted by atomic mass is 9.87. The lowest BCUT2D eigenvalue weighted by Gasteiger charge is -2.27. The van der Waals surface area contributed by atoms with Crippen molar-refractivity contribution in [2.75, 3.05) is 11.1 Å². The average molecular weight is 273 g/mol. The van der Waals surface area contributed by atoms with Gasteiger partial charge in [0.2, 0.25) is 17.8 Å². The van der Waals surface area contributed by atoms with Gasteiger partial charge in [0.05, 0.1) is 0 Å². The van der Waals surface area contributed by atoms with Gasteiger partial charge in [-0.3, -0.25) is 4.57 Å².